The lowest BCUT2D eigenvalue weighted by Crippen LogP contribution is -2.34. The van der Waals surface area contributed by atoms with Gasteiger partial charge in [0.2, 0.25) is 11.8 Å². The van der Waals surface area contributed by atoms with Gasteiger partial charge < -0.3 is 10.2 Å². The van der Waals surface area contributed by atoms with Gasteiger partial charge in [0.05, 0.1) is 17.7 Å². The van der Waals surface area contributed by atoms with E-state index in [9.17, 15) is 9.59 Å². The van der Waals surface area contributed by atoms with Crippen molar-refractivity contribution in [2.75, 3.05) is 11.4 Å². The number of hydrogen-bond acceptors (Lipinski definition) is 3. The van der Waals surface area contributed by atoms with Crippen LogP contribution in [0.15, 0.2) is 48.7 Å². The maximum atomic E-state index is 12.5. The van der Waals surface area contributed by atoms with Gasteiger partial charge in [0.25, 0.3) is 0 Å². The minimum absolute atomic E-state index is 0.00473. The number of carbonyl (C=O) groups excluding carboxylic acids is 2. The van der Waals surface area contributed by atoms with E-state index in [1.54, 1.807) is 11.1 Å². The van der Waals surface area contributed by atoms with E-state index < -0.39 is 0 Å². The lowest BCUT2D eigenvalue weighted by molar-refractivity contribution is -0.126. The van der Waals surface area contributed by atoms with Crippen LogP contribution in [0.3, 0.4) is 0 Å². The van der Waals surface area contributed by atoms with Crippen LogP contribution >= 0.6 is 0 Å². The molecule has 1 N–H and O–H groups in total. The maximum Gasteiger partial charge on any atom is 0.227 e. The zero-order chi connectivity index (χ0) is 17.8. The third kappa shape index (κ3) is 3.87. The highest BCUT2D eigenvalue weighted by Gasteiger charge is 2.35. The van der Waals surface area contributed by atoms with E-state index in [2.05, 4.69) is 17.2 Å². The van der Waals surface area contributed by atoms with Gasteiger partial charge in [-0.05, 0) is 43.2 Å². The van der Waals surface area contributed by atoms with Crippen LogP contribution in [0.1, 0.15) is 37.6 Å². The van der Waals surface area contributed by atoms with Gasteiger partial charge in [-0.2, -0.15) is 0 Å². The summed E-state index contributed by atoms with van der Waals surface area (Å²) in [5.74, 6) is -0.432. The predicted octanol–water partition coefficient (Wildman–Crippen LogP) is 2.87. The number of aromatic nitrogens is 1. The third-order valence-corrected chi connectivity index (χ3v) is 4.64. The number of hydrogen-bond donors (Lipinski definition) is 1. The van der Waals surface area contributed by atoms with Gasteiger partial charge >= 0.3 is 0 Å². The maximum absolute atomic E-state index is 12.5. The standard InChI is InChI=1S/C20H23N3O2/c1-3-15-7-9-17(10-8-15)23-13-16(12-19(23)24)20(25)22-14(2)18-6-4-5-11-21-18/h4-11,14,16H,3,12-13H2,1-2H3,(H,22,25). The van der Waals surface area contributed by atoms with Crippen molar-refractivity contribution in [3.8, 4) is 0 Å². The molecule has 3 rings (SSSR count). The molecule has 5 nitrogen and oxygen atoms in total. The Balaban J connectivity index is 1.64. The van der Waals surface area contributed by atoms with Crippen molar-refractivity contribution in [2.24, 2.45) is 5.92 Å². The Morgan fingerprint density at radius 1 is 1.28 bits per heavy atom. The number of benzene rings is 1. The van der Waals surface area contributed by atoms with Gasteiger partial charge in [-0.3, -0.25) is 14.6 Å². The Morgan fingerprint density at radius 3 is 2.68 bits per heavy atom. The molecule has 1 aromatic carbocycles. The number of aryl methyl sites for hydroxylation is 1. The van der Waals surface area contributed by atoms with E-state index in [-0.39, 0.29) is 30.2 Å². The Bertz CT molecular complexity index is 743. The molecule has 5 heteroatoms. The first-order valence-corrected chi connectivity index (χ1v) is 8.69. The average Bonchev–Trinajstić information content (AvgIpc) is 3.04. The van der Waals surface area contributed by atoms with Gasteiger partial charge in [0, 0.05) is 24.8 Å². The van der Waals surface area contributed by atoms with Crippen LogP contribution in [-0.4, -0.2) is 23.3 Å². The molecule has 2 amide bonds. The second-order valence-electron chi connectivity index (χ2n) is 6.41. The predicted molar refractivity (Wildman–Crippen MR) is 97.1 cm³/mol. The number of carbonyl (C=O) groups is 2. The molecule has 0 saturated carbocycles. The van der Waals surface area contributed by atoms with Crippen LogP contribution in [0.25, 0.3) is 0 Å². The Hall–Kier alpha value is -2.69. The quantitative estimate of drug-likeness (QED) is 0.912. The van der Waals surface area contributed by atoms with Crippen LogP contribution in [0.5, 0.6) is 0 Å². The van der Waals surface area contributed by atoms with E-state index in [0.29, 0.717) is 6.54 Å². The normalized spacial score (nSPS) is 18.2. The minimum atomic E-state index is -0.329. The molecule has 2 aromatic rings. The van der Waals surface area contributed by atoms with Crippen molar-refractivity contribution in [1.29, 1.82) is 0 Å². The summed E-state index contributed by atoms with van der Waals surface area (Å²) in [6.45, 7) is 4.42. The minimum Gasteiger partial charge on any atom is -0.348 e. The average molecular weight is 337 g/mol. The molecule has 0 spiro atoms. The second-order valence-corrected chi connectivity index (χ2v) is 6.41. The summed E-state index contributed by atoms with van der Waals surface area (Å²) in [6, 6.07) is 13.4. The highest BCUT2D eigenvalue weighted by Crippen LogP contribution is 2.26. The fourth-order valence-electron chi connectivity index (χ4n) is 3.08. The van der Waals surface area contributed by atoms with E-state index in [1.807, 2.05) is 49.4 Å². The van der Waals surface area contributed by atoms with Gasteiger partial charge in [-0.25, -0.2) is 0 Å². The van der Waals surface area contributed by atoms with E-state index in [4.69, 9.17) is 0 Å². The molecule has 0 radical (unpaired) electrons. The molecule has 130 valence electrons. The summed E-state index contributed by atoms with van der Waals surface area (Å²) < 4.78 is 0. The molecule has 2 unspecified atom stereocenters. The van der Waals surface area contributed by atoms with E-state index >= 15 is 0 Å². The molecule has 1 aliphatic heterocycles. The van der Waals surface area contributed by atoms with Crippen LogP contribution in [-0.2, 0) is 16.0 Å². The summed E-state index contributed by atoms with van der Waals surface area (Å²) in [4.78, 5) is 30.8. The molecule has 1 fully saturated rings. The molecule has 0 aliphatic carbocycles. The van der Waals surface area contributed by atoms with E-state index in [0.717, 1.165) is 17.8 Å². The Kier molecular flexibility index (Phi) is 5.12. The van der Waals surface area contributed by atoms with Crippen LogP contribution < -0.4 is 10.2 Å². The van der Waals surface area contributed by atoms with Crippen molar-refractivity contribution in [2.45, 2.75) is 32.7 Å². The zero-order valence-electron chi connectivity index (χ0n) is 14.6. The Labute approximate surface area is 148 Å². The van der Waals surface area contributed by atoms with Gasteiger partial charge in [0.15, 0.2) is 0 Å². The molecular formula is C20H23N3O2. The topological polar surface area (TPSA) is 62.3 Å². The van der Waals surface area contributed by atoms with E-state index in [1.165, 1.54) is 5.56 Å². The van der Waals surface area contributed by atoms with Crippen LogP contribution in [0.4, 0.5) is 5.69 Å². The molecule has 0 bridgehead atoms. The lowest BCUT2D eigenvalue weighted by atomic mass is 10.1. The smallest absolute Gasteiger partial charge is 0.227 e. The van der Waals surface area contributed by atoms with Crippen molar-refractivity contribution >= 4 is 17.5 Å². The number of nitrogens with zero attached hydrogens (tertiary/aromatic N) is 2. The lowest BCUT2D eigenvalue weighted by Gasteiger charge is -2.18. The summed E-state index contributed by atoms with van der Waals surface area (Å²) in [7, 11) is 0. The molecule has 1 saturated heterocycles. The fraction of sp³-hybridized carbons (Fsp3) is 0.350. The van der Waals surface area contributed by atoms with Gasteiger partial charge in [0.1, 0.15) is 0 Å². The first-order chi connectivity index (χ1) is 12.1. The summed E-state index contributed by atoms with van der Waals surface area (Å²) in [6.07, 6.45) is 2.92. The summed E-state index contributed by atoms with van der Waals surface area (Å²) in [5, 5.41) is 2.97. The largest absolute Gasteiger partial charge is 0.348 e. The number of pyridine rings is 1. The zero-order valence-corrected chi connectivity index (χ0v) is 14.6. The molecular weight excluding hydrogens is 314 g/mol. The number of amides is 2. The summed E-state index contributed by atoms with van der Waals surface area (Å²) >= 11 is 0. The second kappa shape index (κ2) is 7.47. The molecule has 1 aliphatic rings. The monoisotopic (exact) mass is 337 g/mol. The molecule has 2 atom stereocenters. The van der Waals surface area contributed by atoms with Gasteiger partial charge in [-0.15, -0.1) is 0 Å². The van der Waals surface area contributed by atoms with Gasteiger partial charge in [-0.1, -0.05) is 25.1 Å². The molecule has 25 heavy (non-hydrogen) atoms. The Morgan fingerprint density at radius 2 is 2.04 bits per heavy atom. The van der Waals surface area contributed by atoms with Crippen LogP contribution in [0, 0.1) is 5.92 Å². The number of nitrogens with one attached hydrogen (secondary N) is 1. The third-order valence-electron chi connectivity index (χ3n) is 4.64. The first kappa shape index (κ1) is 17.1. The number of rotatable bonds is 5. The summed E-state index contributed by atoms with van der Waals surface area (Å²) in [5.41, 5.74) is 2.90. The fourth-order valence-corrected chi connectivity index (χ4v) is 3.08. The highest BCUT2D eigenvalue weighted by molar-refractivity contribution is 6.00. The highest BCUT2D eigenvalue weighted by atomic mass is 16.2. The van der Waals surface area contributed by atoms with Crippen molar-refractivity contribution < 1.29 is 9.59 Å². The van der Waals surface area contributed by atoms with Crippen LogP contribution in [0.2, 0.25) is 0 Å². The SMILES string of the molecule is CCc1ccc(N2CC(C(=O)NC(C)c3ccccn3)CC2=O)cc1. The molecule has 2 heterocycles. The first-order valence-electron chi connectivity index (χ1n) is 8.69. The molecule has 1 aromatic heterocycles. The number of anilines is 1. The van der Waals surface area contributed by atoms with Crippen molar-refractivity contribution in [3.63, 3.8) is 0 Å². The van der Waals surface area contributed by atoms with Crippen molar-refractivity contribution in [1.82, 2.24) is 10.3 Å². The van der Waals surface area contributed by atoms with Crippen molar-refractivity contribution in [3.05, 3.63) is 59.9 Å².